The Morgan fingerprint density at radius 2 is 0.939 bits per heavy atom. The number of benzene rings is 4. The van der Waals surface area contributed by atoms with E-state index in [0.717, 1.165) is 34.8 Å². The van der Waals surface area contributed by atoms with Gasteiger partial charge in [0.15, 0.2) is 12.6 Å². The Kier molecular flexibility index (Phi) is 7.29. The number of hydrogen-bond acceptors (Lipinski definition) is 4. The highest BCUT2D eigenvalue weighted by Crippen LogP contribution is 2.24. The SMILES string of the molecule is O=Cc1cc(Cc2ccc(OCc3ccccc3)c(C=O)c2)ccc1OCc1ccccc1. The standard InChI is InChI=1S/C29H24O4/c30-18-26-16-24(11-13-28(26)32-20-22-7-3-1-4-8-22)15-25-12-14-29(27(17-25)19-31)33-21-23-9-5-2-6-10-23/h1-14,16-19H,15,20-21H2. The Labute approximate surface area is 193 Å². The molecule has 0 N–H and O–H groups in total. The summed E-state index contributed by atoms with van der Waals surface area (Å²) in [4.78, 5) is 23.3. The lowest BCUT2D eigenvalue weighted by atomic mass is 10.0. The molecular formula is C29H24O4. The maximum Gasteiger partial charge on any atom is 0.153 e. The molecule has 0 atom stereocenters. The van der Waals surface area contributed by atoms with Gasteiger partial charge in [0.05, 0.1) is 11.1 Å². The molecule has 4 aromatic rings. The Morgan fingerprint density at radius 3 is 1.33 bits per heavy atom. The van der Waals surface area contributed by atoms with Gasteiger partial charge in [-0.1, -0.05) is 72.8 Å². The van der Waals surface area contributed by atoms with Crippen LogP contribution in [0, 0.1) is 0 Å². The second kappa shape index (κ2) is 10.9. The zero-order valence-corrected chi connectivity index (χ0v) is 18.1. The molecule has 0 spiro atoms. The third-order valence-electron chi connectivity index (χ3n) is 5.28. The van der Waals surface area contributed by atoms with Crippen LogP contribution >= 0.6 is 0 Å². The zero-order valence-electron chi connectivity index (χ0n) is 18.1. The van der Waals surface area contributed by atoms with Gasteiger partial charge in [0.2, 0.25) is 0 Å². The normalized spacial score (nSPS) is 10.4. The molecule has 0 heterocycles. The number of hydrogen-bond donors (Lipinski definition) is 0. The molecule has 0 unspecified atom stereocenters. The zero-order chi connectivity index (χ0) is 22.9. The molecular weight excluding hydrogens is 412 g/mol. The number of carbonyl (C=O) groups is 2. The molecule has 0 saturated carbocycles. The van der Waals surface area contributed by atoms with Crippen molar-refractivity contribution in [1.82, 2.24) is 0 Å². The fourth-order valence-corrected chi connectivity index (χ4v) is 3.57. The van der Waals surface area contributed by atoms with E-state index in [1.165, 1.54) is 0 Å². The van der Waals surface area contributed by atoms with Crippen molar-refractivity contribution in [2.24, 2.45) is 0 Å². The average molecular weight is 437 g/mol. The molecule has 4 aromatic carbocycles. The van der Waals surface area contributed by atoms with Crippen molar-refractivity contribution in [2.75, 3.05) is 0 Å². The Morgan fingerprint density at radius 1 is 0.515 bits per heavy atom. The maximum absolute atomic E-state index is 11.6. The van der Waals surface area contributed by atoms with Gasteiger partial charge in [-0.25, -0.2) is 0 Å². The van der Waals surface area contributed by atoms with E-state index in [-0.39, 0.29) is 0 Å². The molecule has 164 valence electrons. The first-order valence-corrected chi connectivity index (χ1v) is 10.7. The molecule has 4 heteroatoms. The van der Waals surface area contributed by atoms with Crippen LogP contribution in [0.25, 0.3) is 0 Å². The Hall–Kier alpha value is -4.18. The summed E-state index contributed by atoms with van der Waals surface area (Å²) in [7, 11) is 0. The highest BCUT2D eigenvalue weighted by atomic mass is 16.5. The monoisotopic (exact) mass is 436 g/mol. The summed E-state index contributed by atoms with van der Waals surface area (Å²) < 4.78 is 11.7. The lowest BCUT2D eigenvalue weighted by Gasteiger charge is -2.12. The minimum absolute atomic E-state index is 0.397. The molecule has 4 nitrogen and oxygen atoms in total. The predicted molar refractivity (Wildman–Crippen MR) is 128 cm³/mol. The van der Waals surface area contributed by atoms with Crippen LogP contribution in [-0.4, -0.2) is 12.6 Å². The van der Waals surface area contributed by atoms with Crippen LogP contribution in [0.5, 0.6) is 11.5 Å². The van der Waals surface area contributed by atoms with Crippen LogP contribution in [0.1, 0.15) is 43.0 Å². The summed E-state index contributed by atoms with van der Waals surface area (Å²) in [6, 6.07) is 30.8. The highest BCUT2D eigenvalue weighted by molar-refractivity contribution is 5.80. The maximum atomic E-state index is 11.6. The molecule has 0 fully saturated rings. The van der Waals surface area contributed by atoms with Gasteiger partial charge in [-0.15, -0.1) is 0 Å². The second-order valence-electron chi connectivity index (χ2n) is 7.71. The van der Waals surface area contributed by atoms with Crippen molar-refractivity contribution in [2.45, 2.75) is 19.6 Å². The molecule has 0 aromatic heterocycles. The molecule has 0 radical (unpaired) electrons. The second-order valence-corrected chi connectivity index (χ2v) is 7.71. The van der Waals surface area contributed by atoms with Crippen LogP contribution in [0.4, 0.5) is 0 Å². The Balaban J connectivity index is 1.44. The summed E-state index contributed by atoms with van der Waals surface area (Å²) in [5, 5.41) is 0. The summed E-state index contributed by atoms with van der Waals surface area (Å²) in [5.74, 6) is 1.10. The smallest absolute Gasteiger partial charge is 0.153 e. The lowest BCUT2D eigenvalue weighted by Crippen LogP contribution is -2.01. The van der Waals surface area contributed by atoms with Crippen molar-refractivity contribution in [1.29, 1.82) is 0 Å². The van der Waals surface area contributed by atoms with Gasteiger partial charge in [0.25, 0.3) is 0 Å². The van der Waals surface area contributed by atoms with Gasteiger partial charge in [0, 0.05) is 0 Å². The van der Waals surface area contributed by atoms with E-state index in [2.05, 4.69) is 0 Å². The Bertz CT molecular complexity index is 1120. The molecule has 0 amide bonds. The fourth-order valence-electron chi connectivity index (χ4n) is 3.57. The number of carbonyl (C=O) groups excluding carboxylic acids is 2. The first-order chi connectivity index (χ1) is 16.2. The van der Waals surface area contributed by atoms with Crippen molar-refractivity contribution in [3.05, 3.63) is 130 Å². The van der Waals surface area contributed by atoms with Gasteiger partial charge in [-0.2, -0.15) is 0 Å². The van der Waals surface area contributed by atoms with Crippen molar-refractivity contribution in [3.63, 3.8) is 0 Å². The van der Waals surface area contributed by atoms with E-state index in [1.807, 2.05) is 97.1 Å². The summed E-state index contributed by atoms with van der Waals surface area (Å²) in [6.07, 6.45) is 2.20. The minimum atomic E-state index is 0.397. The quantitative estimate of drug-likeness (QED) is 0.284. The topological polar surface area (TPSA) is 52.6 Å². The van der Waals surface area contributed by atoms with Crippen molar-refractivity contribution in [3.8, 4) is 11.5 Å². The molecule has 0 aliphatic carbocycles. The molecule has 4 rings (SSSR count). The number of rotatable bonds is 10. The highest BCUT2D eigenvalue weighted by Gasteiger charge is 2.09. The fraction of sp³-hybridized carbons (Fsp3) is 0.103. The van der Waals surface area contributed by atoms with Crippen LogP contribution in [-0.2, 0) is 19.6 Å². The first-order valence-electron chi connectivity index (χ1n) is 10.7. The predicted octanol–water partition coefficient (Wildman–Crippen LogP) is 6.06. The average Bonchev–Trinajstić information content (AvgIpc) is 2.88. The van der Waals surface area contributed by atoms with E-state index in [0.29, 0.717) is 42.3 Å². The van der Waals surface area contributed by atoms with Crippen LogP contribution < -0.4 is 9.47 Å². The lowest BCUT2D eigenvalue weighted by molar-refractivity contribution is 0.111. The molecule has 0 aliphatic heterocycles. The third-order valence-corrected chi connectivity index (χ3v) is 5.28. The van der Waals surface area contributed by atoms with E-state index < -0.39 is 0 Å². The molecule has 33 heavy (non-hydrogen) atoms. The van der Waals surface area contributed by atoms with Gasteiger partial charge in [-0.05, 0) is 52.9 Å². The van der Waals surface area contributed by atoms with E-state index in [4.69, 9.17) is 9.47 Å². The third kappa shape index (κ3) is 5.95. The van der Waals surface area contributed by atoms with Crippen LogP contribution in [0.15, 0.2) is 97.1 Å². The molecule has 0 saturated heterocycles. The van der Waals surface area contributed by atoms with Gasteiger partial charge >= 0.3 is 0 Å². The summed E-state index contributed by atoms with van der Waals surface area (Å²) in [5.41, 5.74) is 4.99. The van der Waals surface area contributed by atoms with Crippen molar-refractivity contribution < 1.29 is 19.1 Å². The van der Waals surface area contributed by atoms with Gasteiger partial charge in [-0.3, -0.25) is 9.59 Å². The van der Waals surface area contributed by atoms with Gasteiger partial charge < -0.3 is 9.47 Å². The minimum Gasteiger partial charge on any atom is -0.488 e. The number of aldehydes is 2. The van der Waals surface area contributed by atoms with Gasteiger partial charge in [0.1, 0.15) is 24.7 Å². The summed E-state index contributed by atoms with van der Waals surface area (Å²) in [6.45, 7) is 0.794. The molecule has 0 bridgehead atoms. The van der Waals surface area contributed by atoms with Crippen molar-refractivity contribution >= 4 is 12.6 Å². The van der Waals surface area contributed by atoms with E-state index in [9.17, 15) is 9.59 Å². The summed E-state index contributed by atoms with van der Waals surface area (Å²) >= 11 is 0. The number of ether oxygens (including phenoxy) is 2. The van der Waals surface area contributed by atoms with Crippen LogP contribution in [0.3, 0.4) is 0 Å². The van der Waals surface area contributed by atoms with E-state index >= 15 is 0 Å². The largest absolute Gasteiger partial charge is 0.488 e. The van der Waals surface area contributed by atoms with Crippen LogP contribution in [0.2, 0.25) is 0 Å². The van der Waals surface area contributed by atoms with E-state index in [1.54, 1.807) is 0 Å². The molecule has 0 aliphatic rings. The first kappa shape index (κ1) is 22.0.